The molecule has 5 aromatic rings. The number of esters is 1. The van der Waals surface area contributed by atoms with Gasteiger partial charge in [0.15, 0.2) is 23.0 Å². The van der Waals surface area contributed by atoms with Gasteiger partial charge in [-0.1, -0.05) is 32.9 Å². The van der Waals surface area contributed by atoms with Crippen LogP contribution in [0.4, 0.5) is 22.7 Å². The topological polar surface area (TPSA) is 173 Å². The van der Waals surface area contributed by atoms with Crippen LogP contribution in [0.25, 0.3) is 21.9 Å². The van der Waals surface area contributed by atoms with E-state index in [1.54, 1.807) is 18.2 Å². The van der Waals surface area contributed by atoms with Crippen LogP contribution in [0.15, 0.2) is 54.7 Å². The minimum atomic E-state index is -2.12. The van der Waals surface area contributed by atoms with E-state index in [1.165, 1.54) is 10.7 Å². The molecule has 2 heterocycles. The number of fused-ring (bicyclic) bond motifs is 1. The summed E-state index contributed by atoms with van der Waals surface area (Å²) in [6.45, 7) is 19.6. The second kappa shape index (κ2) is 17.5. The molecule has 0 radical (unpaired) electrons. The van der Waals surface area contributed by atoms with Gasteiger partial charge >= 0.3 is 17.2 Å². The molecular weight excluding hydrogens is 737 g/mol. The molecule has 0 spiro atoms. The monoisotopic (exact) mass is 784 g/mol. The van der Waals surface area contributed by atoms with Gasteiger partial charge in [-0.05, 0) is 104 Å². The first-order valence-electron chi connectivity index (χ1n) is 18.6. The molecule has 0 saturated heterocycles. The summed E-state index contributed by atoms with van der Waals surface area (Å²) in [4.78, 5) is 22.2. The van der Waals surface area contributed by atoms with Crippen molar-refractivity contribution in [1.82, 2.24) is 14.6 Å². The second-order valence-corrected chi connectivity index (χ2v) is 15.3. The van der Waals surface area contributed by atoms with Crippen LogP contribution in [0, 0.1) is 45.1 Å². The predicted octanol–water partition coefficient (Wildman–Crippen LogP) is 7.59. The van der Waals surface area contributed by atoms with Crippen molar-refractivity contribution in [1.29, 1.82) is 0 Å². The number of aliphatic hydroxyl groups excluding tert-OH is 2. The van der Waals surface area contributed by atoms with Crippen molar-refractivity contribution >= 4 is 45.6 Å². The number of carbonyl (C=O) groups is 1. The average Bonchev–Trinajstić information content (AvgIpc) is 3.72. The molecule has 1 aliphatic rings. The number of rotatable bonds is 15. The van der Waals surface area contributed by atoms with E-state index in [2.05, 4.69) is 40.8 Å². The SMILES string of the molecule is [C-]#[N+]c1cn2[nH]c(-c3cc(Nc4cc(C)ccc4OCCO)c(C)c(NS(=O)Oc4cc(C)ccc4OCCO)c3)nc2c1C(=O)OC1C(C)CC(C)CC1C. The van der Waals surface area contributed by atoms with Crippen LogP contribution in [-0.2, 0) is 16.0 Å². The molecule has 2 aromatic heterocycles. The fourth-order valence-electron chi connectivity index (χ4n) is 7.34. The third-order valence-electron chi connectivity index (χ3n) is 9.88. The number of aromatic amines is 1. The van der Waals surface area contributed by atoms with Crippen molar-refractivity contribution in [3.63, 3.8) is 0 Å². The van der Waals surface area contributed by atoms with Gasteiger partial charge in [-0.15, -0.1) is 0 Å². The van der Waals surface area contributed by atoms with E-state index < -0.39 is 17.2 Å². The first-order chi connectivity index (χ1) is 26.9. The molecule has 15 heteroatoms. The van der Waals surface area contributed by atoms with E-state index >= 15 is 0 Å². The van der Waals surface area contributed by atoms with Crippen LogP contribution in [0.2, 0.25) is 0 Å². The summed E-state index contributed by atoms with van der Waals surface area (Å²) in [6.07, 6.45) is 3.15. The standard InChI is InChI=1S/C41H48N6O8S/c1-23-8-10-34(52-14-12-48)32(18-23)43-30-20-29(21-31(28(30)6)46-56(51)55-36-19-24(2)9-11-35(36)53-15-13-49)39-44-40-37(33(42-7)22-47(40)45-39)41(50)54-38-26(4)16-25(3)17-27(38)5/h8-11,18-22,25-27,38,43,46,48-49H,12-17H2,1-6H3,(H,44,45). The average molecular weight is 785 g/mol. The van der Waals surface area contributed by atoms with Gasteiger partial charge in [-0.25, -0.2) is 14.6 Å². The van der Waals surface area contributed by atoms with Gasteiger partial charge in [-0.3, -0.25) is 14.3 Å². The molecule has 1 aliphatic carbocycles. The Morgan fingerprint density at radius 2 is 1.57 bits per heavy atom. The molecule has 56 heavy (non-hydrogen) atoms. The number of nitrogens with zero attached hydrogens (tertiary/aromatic N) is 3. The maximum absolute atomic E-state index is 13.8. The second-order valence-electron chi connectivity index (χ2n) is 14.5. The molecule has 0 aliphatic heterocycles. The first-order valence-corrected chi connectivity index (χ1v) is 19.6. The molecule has 3 atom stereocenters. The van der Waals surface area contributed by atoms with Gasteiger partial charge in [0.05, 0.1) is 31.2 Å². The Morgan fingerprint density at radius 1 is 0.929 bits per heavy atom. The number of ether oxygens (including phenoxy) is 3. The zero-order valence-corrected chi connectivity index (χ0v) is 33.2. The predicted molar refractivity (Wildman–Crippen MR) is 215 cm³/mol. The molecule has 1 saturated carbocycles. The third-order valence-corrected chi connectivity index (χ3v) is 10.6. The highest BCUT2D eigenvalue weighted by atomic mass is 32.2. The highest BCUT2D eigenvalue weighted by Gasteiger charge is 2.36. The number of anilines is 3. The Bertz CT molecular complexity index is 2270. The van der Waals surface area contributed by atoms with Crippen LogP contribution < -0.4 is 23.7 Å². The third kappa shape index (κ3) is 8.94. The van der Waals surface area contributed by atoms with E-state index in [0.29, 0.717) is 51.4 Å². The van der Waals surface area contributed by atoms with Crippen molar-refractivity contribution in [2.45, 2.75) is 60.5 Å². The normalized spacial score (nSPS) is 18.6. The Kier molecular flexibility index (Phi) is 12.5. The quantitative estimate of drug-likeness (QED) is 0.0526. The van der Waals surface area contributed by atoms with Crippen molar-refractivity contribution < 1.29 is 37.6 Å². The molecule has 6 rings (SSSR count). The summed E-state index contributed by atoms with van der Waals surface area (Å²) in [5.74, 6) is 1.72. The first kappa shape index (κ1) is 40.1. The van der Waals surface area contributed by atoms with Crippen LogP contribution in [0.5, 0.6) is 17.2 Å². The number of H-pyrrole nitrogens is 1. The lowest BCUT2D eigenvalue weighted by molar-refractivity contribution is -0.0249. The molecular formula is C41H48N6O8S. The van der Waals surface area contributed by atoms with Crippen molar-refractivity contribution in [2.75, 3.05) is 36.5 Å². The number of hydrogen-bond donors (Lipinski definition) is 5. The number of nitrogens with one attached hydrogen (secondary N) is 3. The summed E-state index contributed by atoms with van der Waals surface area (Å²) in [5, 5.41) is 25.4. The van der Waals surface area contributed by atoms with Crippen molar-refractivity contribution in [3.05, 3.63) is 88.4 Å². The smallest absolute Gasteiger partial charge is 0.331 e. The highest BCUT2D eigenvalue weighted by molar-refractivity contribution is 7.82. The minimum absolute atomic E-state index is 0.0330. The fraction of sp³-hybridized carbons (Fsp3) is 0.390. The molecule has 1 fully saturated rings. The van der Waals surface area contributed by atoms with E-state index in [4.69, 9.17) is 29.9 Å². The maximum atomic E-state index is 13.8. The summed E-state index contributed by atoms with van der Waals surface area (Å²) < 4.78 is 41.5. The van der Waals surface area contributed by atoms with E-state index in [9.17, 15) is 19.2 Å². The largest absolute Gasteiger partial charge is 0.489 e. The van der Waals surface area contributed by atoms with E-state index in [1.807, 2.05) is 51.1 Å². The number of benzene rings is 3. The fourth-order valence-corrected chi connectivity index (χ4v) is 8.07. The Hall–Kier alpha value is -5.56. The molecule has 0 amide bonds. The van der Waals surface area contributed by atoms with Crippen LogP contribution >= 0.6 is 0 Å². The van der Waals surface area contributed by atoms with E-state index in [-0.39, 0.29) is 67.0 Å². The molecule has 3 unspecified atom stereocenters. The van der Waals surface area contributed by atoms with Gasteiger partial charge in [0.2, 0.25) is 5.69 Å². The molecule has 0 bridgehead atoms. The number of carbonyl (C=O) groups excluding carboxylic acids is 1. The van der Waals surface area contributed by atoms with Gasteiger partial charge < -0.3 is 33.9 Å². The number of aryl methyl sites for hydroxylation is 2. The summed E-state index contributed by atoms with van der Waals surface area (Å²) >= 11 is -2.12. The Morgan fingerprint density at radius 3 is 2.25 bits per heavy atom. The lowest BCUT2D eigenvalue weighted by Gasteiger charge is -2.37. The summed E-state index contributed by atoms with van der Waals surface area (Å²) in [7, 11) is 0. The molecule has 3 aromatic carbocycles. The van der Waals surface area contributed by atoms with Crippen molar-refractivity contribution in [2.24, 2.45) is 17.8 Å². The Balaban J connectivity index is 1.39. The summed E-state index contributed by atoms with van der Waals surface area (Å²) in [6, 6.07) is 14.4. The van der Waals surface area contributed by atoms with Gasteiger partial charge in [-0.2, -0.15) is 4.21 Å². The van der Waals surface area contributed by atoms with Gasteiger partial charge in [0.1, 0.15) is 30.6 Å². The molecule has 5 N–H and O–H groups in total. The zero-order valence-electron chi connectivity index (χ0n) is 32.3. The minimum Gasteiger partial charge on any atom is -0.489 e. The van der Waals surface area contributed by atoms with Gasteiger partial charge in [0.25, 0.3) is 0 Å². The lowest BCUT2D eigenvalue weighted by atomic mass is 9.75. The van der Waals surface area contributed by atoms with Crippen LogP contribution in [0.1, 0.15) is 60.7 Å². The van der Waals surface area contributed by atoms with Crippen molar-refractivity contribution in [3.8, 4) is 28.6 Å². The highest BCUT2D eigenvalue weighted by Crippen LogP contribution is 2.39. The summed E-state index contributed by atoms with van der Waals surface area (Å²) in [5.41, 5.74) is 5.14. The lowest BCUT2D eigenvalue weighted by Crippen LogP contribution is -2.37. The maximum Gasteiger partial charge on any atom is 0.331 e. The van der Waals surface area contributed by atoms with Crippen LogP contribution in [0.3, 0.4) is 0 Å². The number of aromatic nitrogens is 3. The number of hydrogen-bond acceptors (Lipinski definition) is 10. The number of aliphatic hydroxyl groups is 2. The van der Waals surface area contributed by atoms with Crippen LogP contribution in [-0.4, -0.2) is 67.5 Å². The Labute approximate surface area is 328 Å². The molecule has 14 nitrogen and oxygen atoms in total. The zero-order chi connectivity index (χ0) is 40.1. The molecule has 296 valence electrons. The van der Waals surface area contributed by atoms with Gasteiger partial charge in [0, 0.05) is 17.4 Å². The van der Waals surface area contributed by atoms with E-state index in [0.717, 1.165) is 24.0 Å².